The van der Waals surface area contributed by atoms with Crippen LogP contribution in [-0.2, 0) is 23.8 Å². The van der Waals surface area contributed by atoms with Gasteiger partial charge in [-0.15, -0.1) is 0 Å². The van der Waals surface area contributed by atoms with E-state index in [-0.39, 0.29) is 55.6 Å². The molecule has 1 fully saturated rings. The number of fused-ring (bicyclic) bond motifs is 2. The van der Waals surface area contributed by atoms with Gasteiger partial charge in [0.15, 0.2) is 22.3 Å². The monoisotopic (exact) mass is 954 g/mol. The number of carbonyl (C=O) groups excluding carboxylic acids is 3. The van der Waals surface area contributed by atoms with E-state index in [2.05, 4.69) is 26.2 Å². The van der Waals surface area contributed by atoms with Gasteiger partial charge in [0.2, 0.25) is 0 Å². The number of methoxy groups -OCH3 is 1. The van der Waals surface area contributed by atoms with Crippen LogP contribution in [0, 0.1) is 36.5 Å². The Morgan fingerprint density at radius 2 is 1.75 bits per heavy atom. The molecule has 1 aromatic heterocycles. The smallest absolute Gasteiger partial charge is 0.312 e. The largest absolute Gasteiger partial charge is 0.505 e. The number of nitrogens with zero attached hydrogens (tertiary/aromatic N) is 2. The Balaban J connectivity index is 1.38. The molecule has 0 spiro atoms. The molecule has 2 unspecified atom stereocenters. The van der Waals surface area contributed by atoms with Crippen LogP contribution in [0.2, 0.25) is 0 Å². The van der Waals surface area contributed by atoms with Gasteiger partial charge in [-0.1, -0.05) is 45.9 Å². The van der Waals surface area contributed by atoms with E-state index in [1.165, 1.54) is 46.3 Å². The standard InChI is InChI=1S/C53H67N3O13/c1-26(2)56(11)21-14-17-34(24-56)25-65-35-18-19-36-38(23-35)68-50-42(54-36)39-40-46(60)32(8)49-41(39)51(62)53(10,69-49)66-22-20-37(64-12)29(5)48(67-33(9)57)31(7)45(59)30(6)44(58)27(3)15-13-16-28(4)52(63)55-43(50)47(40)61/h13,15-16,18-20,22-23,26-27,29-31,34,37,44-45,48,58-59H,14,17,21,24-25H2,1-12H3,(H-,54,55,60,61,62,63)/p+1/b15-13+,22-20+,28-16-/t27-,29+,30+,31+,34?,37-,44-,45+,48+,53-,56?/m0/s1. The first-order valence-electron chi connectivity index (χ1n) is 23.9. The number of aromatic hydroxyl groups is 1. The number of hydrogen-bond acceptors (Lipinski definition) is 14. The molecule has 69 heavy (non-hydrogen) atoms. The summed E-state index contributed by atoms with van der Waals surface area (Å²) in [4.78, 5) is 60.7. The molecule has 1 saturated heterocycles. The molecule has 372 valence electrons. The number of allylic oxidation sites excluding steroid dienone is 2. The number of amides is 1. The number of anilines is 1. The van der Waals surface area contributed by atoms with Gasteiger partial charge in [0, 0.05) is 73.1 Å². The van der Waals surface area contributed by atoms with Crippen molar-refractivity contribution in [1.29, 1.82) is 0 Å². The number of hydrogen-bond donors (Lipinski definition) is 4. The Bertz CT molecular complexity index is 2810. The van der Waals surface area contributed by atoms with E-state index in [4.69, 9.17) is 33.1 Å². The number of phenolic OH excluding ortho intramolecular Hbond substituents is 1. The minimum absolute atomic E-state index is 0.00324. The second-order valence-electron chi connectivity index (χ2n) is 20.2. The number of Topliss-reactive ketones (excluding diaryl/α,β-unsaturated/α-hetero) is 1. The number of nitrogens with one attached hydrogen (secondary N) is 1. The van der Waals surface area contributed by atoms with Crippen molar-refractivity contribution in [2.75, 3.05) is 39.2 Å². The third kappa shape index (κ3) is 9.73. The molecular weight excluding hydrogens is 887 g/mol. The molecule has 3 aliphatic heterocycles. The first kappa shape index (κ1) is 51.1. The van der Waals surface area contributed by atoms with Crippen molar-refractivity contribution < 1.29 is 62.3 Å². The van der Waals surface area contributed by atoms with Gasteiger partial charge in [-0.25, -0.2) is 4.98 Å². The number of piperidine rings is 1. The number of quaternary nitrogens is 1. The number of aliphatic hydroxyl groups is 2. The number of likely N-dealkylation sites (tertiary alicyclic amines) is 1. The van der Waals surface area contributed by atoms with Crippen LogP contribution in [0.3, 0.4) is 0 Å². The number of phenols is 1. The van der Waals surface area contributed by atoms with Gasteiger partial charge >= 0.3 is 11.8 Å². The molecule has 16 nitrogen and oxygen atoms in total. The molecule has 0 radical (unpaired) electrons. The molecule has 7 rings (SSSR count). The first-order valence-corrected chi connectivity index (χ1v) is 23.9. The van der Waals surface area contributed by atoms with Crippen LogP contribution >= 0.6 is 0 Å². The number of carbonyl (C=O) groups is 3. The van der Waals surface area contributed by atoms with Crippen molar-refractivity contribution in [2.45, 2.75) is 118 Å². The summed E-state index contributed by atoms with van der Waals surface area (Å²) in [6.07, 6.45) is 5.81. The number of ether oxygens (including phenoxy) is 5. The lowest BCUT2D eigenvalue weighted by atomic mass is 9.78. The van der Waals surface area contributed by atoms with Crippen LogP contribution in [0.1, 0.15) is 91.1 Å². The summed E-state index contributed by atoms with van der Waals surface area (Å²) in [6.45, 7) is 19.7. The summed E-state index contributed by atoms with van der Waals surface area (Å²) in [7, 11) is 3.74. The fourth-order valence-electron chi connectivity index (χ4n) is 10.2. The zero-order chi connectivity index (χ0) is 50.4. The van der Waals surface area contributed by atoms with Crippen LogP contribution in [0.25, 0.3) is 33.0 Å². The van der Waals surface area contributed by atoms with Crippen LogP contribution < -0.4 is 20.2 Å². The zero-order valence-corrected chi connectivity index (χ0v) is 41.7. The number of ketones is 1. The summed E-state index contributed by atoms with van der Waals surface area (Å²) in [6, 6.07) is 5.65. The second-order valence-corrected chi connectivity index (χ2v) is 20.2. The predicted octanol–water partition coefficient (Wildman–Crippen LogP) is 7.64. The Kier molecular flexibility index (Phi) is 14.7. The number of aromatic nitrogens is 1. The minimum Gasteiger partial charge on any atom is -0.505 e. The van der Waals surface area contributed by atoms with Crippen molar-refractivity contribution in [3.05, 3.63) is 75.7 Å². The summed E-state index contributed by atoms with van der Waals surface area (Å²) < 4.78 is 37.9. The lowest BCUT2D eigenvalue weighted by molar-refractivity contribution is -0.937. The fraction of sp³-hybridized carbons (Fsp3) is 0.528. The van der Waals surface area contributed by atoms with E-state index in [1.807, 2.05) is 0 Å². The highest BCUT2D eigenvalue weighted by Crippen LogP contribution is 2.48. The third-order valence-corrected chi connectivity index (χ3v) is 15.0. The molecule has 1 amide bonds. The highest BCUT2D eigenvalue weighted by atomic mass is 16.7. The second kappa shape index (κ2) is 19.9. The van der Waals surface area contributed by atoms with E-state index >= 15 is 0 Å². The van der Waals surface area contributed by atoms with Crippen molar-refractivity contribution in [3.63, 3.8) is 0 Å². The molecule has 4 bridgehead atoms. The summed E-state index contributed by atoms with van der Waals surface area (Å²) in [5.41, 5.74) is -0.400. The number of rotatable bonds is 6. The van der Waals surface area contributed by atoms with Crippen LogP contribution in [-0.4, -0.2) is 113 Å². The van der Waals surface area contributed by atoms with Gasteiger partial charge in [-0.3, -0.25) is 19.2 Å². The molecule has 0 aliphatic carbocycles. The molecule has 4 N–H and O–H groups in total. The van der Waals surface area contributed by atoms with Gasteiger partial charge in [-0.05, 0) is 58.7 Å². The summed E-state index contributed by atoms with van der Waals surface area (Å²) in [5.74, 6) is -6.37. The fourth-order valence-corrected chi connectivity index (χ4v) is 10.2. The number of aliphatic hydroxyl groups excluding tert-OH is 2. The zero-order valence-electron chi connectivity index (χ0n) is 41.7. The van der Waals surface area contributed by atoms with E-state index in [0.717, 1.165) is 30.4 Å². The van der Waals surface area contributed by atoms with Crippen molar-refractivity contribution in [2.24, 2.45) is 29.6 Å². The van der Waals surface area contributed by atoms with Gasteiger partial charge in [-0.2, -0.15) is 0 Å². The average Bonchev–Trinajstić information content (AvgIpc) is 3.58. The quantitative estimate of drug-likeness (QED) is 0.0481. The molecule has 16 heteroatoms. The van der Waals surface area contributed by atoms with E-state index in [1.54, 1.807) is 65.0 Å². The van der Waals surface area contributed by atoms with Crippen molar-refractivity contribution in [3.8, 4) is 17.2 Å². The Morgan fingerprint density at radius 1 is 1.03 bits per heavy atom. The molecule has 3 aromatic carbocycles. The van der Waals surface area contributed by atoms with Crippen molar-refractivity contribution in [1.82, 2.24) is 4.98 Å². The van der Waals surface area contributed by atoms with Crippen LogP contribution in [0.15, 0.2) is 63.6 Å². The first-order chi connectivity index (χ1) is 32.5. The molecule has 4 aromatic rings. The Labute approximate surface area is 402 Å². The normalized spacial score (nSPS) is 32.1. The van der Waals surface area contributed by atoms with E-state index < -0.39 is 82.7 Å². The van der Waals surface area contributed by atoms with Gasteiger partial charge in [0.1, 0.15) is 34.3 Å². The van der Waals surface area contributed by atoms with Crippen LogP contribution in [0.4, 0.5) is 5.69 Å². The summed E-state index contributed by atoms with van der Waals surface area (Å²) in [5, 5.41) is 37.7. The SMILES string of the molecule is CO[C@H]1/C=C/O[C@@]2(C)Oc3c(C)c(=O)c4c(O)c(c5oc6cc(OCC7CCC[N+](C)(C(C)C)C7)ccc6nc5c4c3C2=O)NC(=O)/C(C)=C\C=C\[C@H](C)[C@H](O)[C@@H](C)[C@@H](O)[C@@H](C)[C@H](OC(C)=O)[C@@H]1C. The third-order valence-electron chi connectivity index (χ3n) is 15.0. The van der Waals surface area contributed by atoms with Crippen molar-refractivity contribution >= 4 is 56.3 Å². The van der Waals surface area contributed by atoms with Gasteiger partial charge in [0.05, 0.1) is 68.3 Å². The minimum atomic E-state index is -2.05. The topological polar surface area (TPSA) is 213 Å². The lowest BCUT2D eigenvalue weighted by Gasteiger charge is -2.44. The molecule has 11 atom stereocenters. The highest BCUT2D eigenvalue weighted by Gasteiger charge is 2.50. The van der Waals surface area contributed by atoms with Gasteiger partial charge in [0.25, 0.3) is 11.7 Å². The van der Waals surface area contributed by atoms with Gasteiger partial charge < -0.3 is 53.2 Å². The van der Waals surface area contributed by atoms with Crippen LogP contribution in [0.5, 0.6) is 17.2 Å². The molecular formula is C53H68N3O13+. The Hall–Kier alpha value is -5.81. The Morgan fingerprint density at radius 3 is 2.43 bits per heavy atom. The number of esters is 1. The maximum Gasteiger partial charge on any atom is 0.312 e. The summed E-state index contributed by atoms with van der Waals surface area (Å²) >= 11 is 0. The highest BCUT2D eigenvalue weighted by molar-refractivity contribution is 6.26. The van der Waals surface area contributed by atoms with E-state index in [0.29, 0.717) is 29.8 Å². The number of benzene rings is 3. The molecule has 4 heterocycles. The average molecular weight is 955 g/mol. The molecule has 0 saturated carbocycles. The lowest BCUT2D eigenvalue weighted by Crippen LogP contribution is -2.56. The maximum atomic E-state index is 14.8. The van der Waals surface area contributed by atoms with E-state index in [9.17, 15) is 34.5 Å². The maximum absolute atomic E-state index is 14.8. The molecule has 3 aliphatic rings. The predicted molar refractivity (Wildman–Crippen MR) is 261 cm³/mol.